The van der Waals surface area contributed by atoms with Gasteiger partial charge in [-0.25, -0.2) is 0 Å². The number of fused-ring (bicyclic) bond motifs is 1. The molecule has 1 aliphatic rings. The van der Waals surface area contributed by atoms with Gasteiger partial charge in [-0.05, 0) is 61.2 Å². The lowest BCUT2D eigenvalue weighted by Gasteiger charge is -2.29. The van der Waals surface area contributed by atoms with Gasteiger partial charge in [-0.1, -0.05) is 12.1 Å². The third-order valence-electron chi connectivity index (χ3n) is 4.30. The summed E-state index contributed by atoms with van der Waals surface area (Å²) >= 11 is 0. The Labute approximate surface area is 152 Å². The van der Waals surface area contributed by atoms with Crippen LogP contribution in [0.3, 0.4) is 0 Å². The van der Waals surface area contributed by atoms with E-state index in [2.05, 4.69) is 10.1 Å². The molecule has 3 rings (SSSR count). The van der Waals surface area contributed by atoms with E-state index in [0.717, 1.165) is 35.6 Å². The number of nitrogens with one attached hydrogen (secondary N) is 1. The molecule has 2 aromatic rings. The minimum atomic E-state index is -2.82. The molecular weight excluding hydrogens is 340 g/mol. The Balaban J connectivity index is 1.93. The molecular formula is C20H23F2NO3. The van der Waals surface area contributed by atoms with Crippen LogP contribution in [0.1, 0.15) is 36.6 Å². The van der Waals surface area contributed by atoms with Crippen LogP contribution in [0.25, 0.3) is 0 Å². The van der Waals surface area contributed by atoms with Crippen molar-refractivity contribution in [2.24, 2.45) is 0 Å². The number of alkyl halides is 2. The van der Waals surface area contributed by atoms with Crippen molar-refractivity contribution in [3.05, 3.63) is 53.1 Å². The summed E-state index contributed by atoms with van der Waals surface area (Å²) in [5, 5.41) is 3.49. The highest BCUT2D eigenvalue weighted by atomic mass is 19.3. The summed E-state index contributed by atoms with van der Waals surface area (Å²) in [4.78, 5) is 0. The second kappa shape index (κ2) is 8.36. The molecule has 1 heterocycles. The molecule has 1 atom stereocenters. The van der Waals surface area contributed by atoms with Crippen molar-refractivity contribution in [2.75, 3.05) is 19.8 Å². The Morgan fingerprint density at radius 3 is 2.31 bits per heavy atom. The lowest BCUT2D eigenvalue weighted by Crippen LogP contribution is -2.30. The summed E-state index contributed by atoms with van der Waals surface area (Å²) in [6.45, 7) is 3.02. The molecule has 0 unspecified atom stereocenters. The predicted molar refractivity (Wildman–Crippen MR) is 95.4 cm³/mol. The summed E-state index contributed by atoms with van der Waals surface area (Å²) in [6, 6.07) is 10.8. The van der Waals surface area contributed by atoms with Crippen LogP contribution in [-0.4, -0.2) is 26.4 Å². The monoisotopic (exact) mass is 363 g/mol. The molecule has 0 amide bonds. The van der Waals surface area contributed by atoms with Crippen LogP contribution in [0, 0.1) is 0 Å². The van der Waals surface area contributed by atoms with Crippen molar-refractivity contribution < 1.29 is 23.0 Å². The van der Waals surface area contributed by atoms with Crippen molar-refractivity contribution in [1.82, 2.24) is 5.32 Å². The van der Waals surface area contributed by atoms with Gasteiger partial charge in [-0.15, -0.1) is 0 Å². The van der Waals surface area contributed by atoms with E-state index in [0.29, 0.717) is 13.2 Å². The van der Waals surface area contributed by atoms with E-state index in [1.807, 2.05) is 26.0 Å². The summed E-state index contributed by atoms with van der Waals surface area (Å²) < 4.78 is 40.6. The summed E-state index contributed by atoms with van der Waals surface area (Å²) in [5.41, 5.74) is 3.30. The van der Waals surface area contributed by atoms with Crippen LogP contribution in [0.15, 0.2) is 36.4 Å². The lowest BCUT2D eigenvalue weighted by atomic mass is 9.89. The van der Waals surface area contributed by atoms with Gasteiger partial charge in [-0.3, -0.25) is 0 Å². The summed E-state index contributed by atoms with van der Waals surface area (Å²) in [5.74, 6) is 1.63. The van der Waals surface area contributed by atoms with Gasteiger partial charge in [-0.2, -0.15) is 8.78 Å². The van der Waals surface area contributed by atoms with Gasteiger partial charge in [0.25, 0.3) is 0 Å². The van der Waals surface area contributed by atoms with Gasteiger partial charge < -0.3 is 19.5 Å². The molecule has 0 aromatic heterocycles. The van der Waals surface area contributed by atoms with Gasteiger partial charge in [0.05, 0.1) is 19.3 Å². The van der Waals surface area contributed by atoms with E-state index in [1.165, 1.54) is 5.56 Å². The van der Waals surface area contributed by atoms with E-state index in [-0.39, 0.29) is 11.8 Å². The fourth-order valence-electron chi connectivity index (χ4n) is 3.24. The second-order valence-electron chi connectivity index (χ2n) is 5.95. The molecule has 1 aliphatic heterocycles. The van der Waals surface area contributed by atoms with Crippen LogP contribution in [0.5, 0.6) is 17.2 Å². The molecule has 0 saturated carbocycles. The first-order valence-corrected chi connectivity index (χ1v) is 8.83. The zero-order chi connectivity index (χ0) is 18.5. The zero-order valence-corrected chi connectivity index (χ0v) is 14.9. The maximum absolute atomic E-state index is 12.3. The van der Waals surface area contributed by atoms with E-state index in [1.54, 1.807) is 24.3 Å². The molecule has 0 saturated heterocycles. The Hall–Kier alpha value is -2.34. The van der Waals surface area contributed by atoms with Gasteiger partial charge in [0.1, 0.15) is 5.75 Å². The average molecular weight is 363 g/mol. The van der Waals surface area contributed by atoms with Crippen LogP contribution < -0.4 is 19.5 Å². The van der Waals surface area contributed by atoms with Crippen LogP contribution in [0.2, 0.25) is 0 Å². The lowest BCUT2D eigenvalue weighted by molar-refractivity contribution is -0.0498. The quantitative estimate of drug-likeness (QED) is 0.795. The molecule has 0 aliphatic carbocycles. The van der Waals surface area contributed by atoms with Gasteiger partial charge in [0.15, 0.2) is 11.5 Å². The third-order valence-corrected chi connectivity index (χ3v) is 4.30. The zero-order valence-electron chi connectivity index (χ0n) is 14.9. The molecule has 0 bridgehead atoms. The molecule has 140 valence electrons. The van der Waals surface area contributed by atoms with Crippen LogP contribution in [-0.2, 0) is 6.42 Å². The number of rotatable bonds is 7. The van der Waals surface area contributed by atoms with Crippen molar-refractivity contribution in [3.8, 4) is 17.2 Å². The van der Waals surface area contributed by atoms with Crippen molar-refractivity contribution in [2.45, 2.75) is 32.9 Å². The number of ether oxygens (including phenoxy) is 3. The largest absolute Gasteiger partial charge is 0.490 e. The number of hydrogen-bond donors (Lipinski definition) is 1. The smallest absolute Gasteiger partial charge is 0.387 e. The fourth-order valence-corrected chi connectivity index (χ4v) is 3.24. The van der Waals surface area contributed by atoms with Crippen LogP contribution >= 0.6 is 0 Å². The molecule has 0 spiro atoms. The fraction of sp³-hybridized carbons (Fsp3) is 0.400. The van der Waals surface area contributed by atoms with E-state index < -0.39 is 6.61 Å². The van der Waals surface area contributed by atoms with E-state index in [4.69, 9.17) is 9.47 Å². The normalized spacial score (nSPS) is 16.3. The SMILES string of the molecule is CCOc1cc2c(cc1OCC)[C@@H](c1ccc(OC(F)F)cc1)NCC2. The number of halogens is 2. The highest BCUT2D eigenvalue weighted by Gasteiger charge is 2.24. The minimum absolute atomic E-state index is 0.0331. The van der Waals surface area contributed by atoms with E-state index in [9.17, 15) is 8.78 Å². The topological polar surface area (TPSA) is 39.7 Å². The summed E-state index contributed by atoms with van der Waals surface area (Å²) in [6.07, 6.45) is 0.894. The van der Waals surface area contributed by atoms with Crippen molar-refractivity contribution in [3.63, 3.8) is 0 Å². The maximum atomic E-state index is 12.3. The maximum Gasteiger partial charge on any atom is 0.387 e. The second-order valence-corrected chi connectivity index (χ2v) is 5.95. The van der Waals surface area contributed by atoms with Crippen molar-refractivity contribution >= 4 is 0 Å². The first kappa shape index (κ1) is 18.5. The van der Waals surface area contributed by atoms with E-state index >= 15 is 0 Å². The van der Waals surface area contributed by atoms with Gasteiger partial charge >= 0.3 is 6.61 Å². The Morgan fingerprint density at radius 1 is 1.04 bits per heavy atom. The number of hydrogen-bond acceptors (Lipinski definition) is 4. The van der Waals surface area contributed by atoms with Crippen LogP contribution in [0.4, 0.5) is 8.78 Å². The standard InChI is InChI=1S/C20H23F2NO3/c1-3-24-17-11-14-9-10-23-19(16(14)12-18(17)25-4-2)13-5-7-15(8-6-13)26-20(21)22/h5-8,11-12,19-20,23H,3-4,9-10H2,1-2H3/t19-/m1/s1. The molecule has 0 fully saturated rings. The third kappa shape index (κ3) is 4.07. The highest BCUT2D eigenvalue weighted by molar-refractivity contribution is 5.52. The predicted octanol–water partition coefficient (Wildman–Crippen LogP) is 4.32. The molecule has 2 aromatic carbocycles. The van der Waals surface area contributed by atoms with Crippen molar-refractivity contribution in [1.29, 1.82) is 0 Å². The van der Waals surface area contributed by atoms with Gasteiger partial charge in [0.2, 0.25) is 0 Å². The molecule has 4 nitrogen and oxygen atoms in total. The number of benzene rings is 2. The Bertz CT molecular complexity index is 735. The molecule has 0 radical (unpaired) electrons. The highest BCUT2D eigenvalue weighted by Crippen LogP contribution is 2.38. The summed E-state index contributed by atoms with van der Waals surface area (Å²) in [7, 11) is 0. The minimum Gasteiger partial charge on any atom is -0.490 e. The first-order chi connectivity index (χ1) is 12.6. The Morgan fingerprint density at radius 2 is 1.69 bits per heavy atom. The molecule has 26 heavy (non-hydrogen) atoms. The molecule has 1 N–H and O–H groups in total. The molecule has 6 heteroatoms. The first-order valence-electron chi connectivity index (χ1n) is 8.83. The van der Waals surface area contributed by atoms with Gasteiger partial charge in [0, 0.05) is 6.54 Å². The Kier molecular flexibility index (Phi) is 5.93. The average Bonchev–Trinajstić information content (AvgIpc) is 2.62.